The molecule has 0 aromatic heterocycles. The first-order chi connectivity index (χ1) is 11.6. The van der Waals surface area contributed by atoms with E-state index in [0.29, 0.717) is 16.9 Å². The molecule has 0 atom stereocenters. The molecule has 0 aliphatic carbocycles. The van der Waals surface area contributed by atoms with Crippen LogP contribution in [0.5, 0.6) is 5.75 Å². The van der Waals surface area contributed by atoms with Crippen molar-refractivity contribution in [2.24, 2.45) is 0 Å². The number of ketones is 1. The van der Waals surface area contributed by atoms with Crippen LogP contribution in [0.15, 0.2) is 42.5 Å². The van der Waals surface area contributed by atoms with Crippen LogP contribution in [0.1, 0.15) is 26.3 Å². The summed E-state index contributed by atoms with van der Waals surface area (Å²) in [6.45, 7) is -0.0978. The van der Waals surface area contributed by atoms with Crippen LogP contribution < -0.4 is 15.4 Å². The van der Waals surface area contributed by atoms with Crippen molar-refractivity contribution >= 4 is 23.3 Å². The number of ether oxygens (including phenoxy) is 1. The molecule has 2 aromatic rings. The zero-order chi connectivity index (χ0) is 17.1. The van der Waals surface area contributed by atoms with E-state index in [1.807, 2.05) is 0 Å². The van der Waals surface area contributed by atoms with Crippen LogP contribution >= 0.6 is 0 Å². The summed E-state index contributed by atoms with van der Waals surface area (Å²) in [6, 6.07) is 11.7. The second-order valence-electron chi connectivity index (χ2n) is 5.43. The highest BCUT2D eigenvalue weighted by atomic mass is 16.5. The molecule has 0 fully saturated rings. The van der Waals surface area contributed by atoms with E-state index in [1.54, 1.807) is 49.6 Å². The standard InChI is InChI=1S/C18H16N2O4/c1-24-14-5-2-11(3-6-14)16(21)10-19-18(23)12-4-7-15-13(8-12)9-17(22)20-15/h2-8H,9-10H2,1H3,(H,19,23)(H,20,22). The Kier molecular flexibility index (Phi) is 4.29. The summed E-state index contributed by atoms with van der Waals surface area (Å²) in [5.41, 5.74) is 2.44. The lowest BCUT2D eigenvalue weighted by molar-refractivity contribution is -0.115. The minimum Gasteiger partial charge on any atom is -0.497 e. The first-order valence-corrected chi connectivity index (χ1v) is 7.45. The number of hydrogen-bond acceptors (Lipinski definition) is 4. The van der Waals surface area contributed by atoms with Crippen molar-refractivity contribution in [2.45, 2.75) is 6.42 Å². The first kappa shape index (κ1) is 15.7. The van der Waals surface area contributed by atoms with E-state index in [9.17, 15) is 14.4 Å². The molecule has 0 spiro atoms. The Morgan fingerprint density at radius 2 is 1.83 bits per heavy atom. The molecule has 24 heavy (non-hydrogen) atoms. The fraction of sp³-hybridized carbons (Fsp3) is 0.167. The topological polar surface area (TPSA) is 84.5 Å². The molecule has 0 unspecified atom stereocenters. The van der Waals surface area contributed by atoms with Gasteiger partial charge < -0.3 is 15.4 Å². The number of benzene rings is 2. The van der Waals surface area contributed by atoms with Crippen LogP contribution in [0, 0.1) is 0 Å². The van der Waals surface area contributed by atoms with Crippen molar-refractivity contribution in [2.75, 3.05) is 19.0 Å². The number of Topliss-reactive ketones (excluding diaryl/α,β-unsaturated/α-hetero) is 1. The maximum absolute atomic E-state index is 12.2. The normalized spacial score (nSPS) is 12.3. The summed E-state index contributed by atoms with van der Waals surface area (Å²) >= 11 is 0. The molecular formula is C18H16N2O4. The predicted octanol–water partition coefficient (Wildman–Crippen LogP) is 1.80. The second-order valence-corrected chi connectivity index (χ2v) is 5.43. The third kappa shape index (κ3) is 3.27. The zero-order valence-electron chi connectivity index (χ0n) is 13.1. The van der Waals surface area contributed by atoms with Gasteiger partial charge in [-0.25, -0.2) is 0 Å². The lowest BCUT2D eigenvalue weighted by Gasteiger charge is -2.07. The summed E-state index contributed by atoms with van der Waals surface area (Å²) < 4.78 is 5.04. The molecule has 2 N–H and O–H groups in total. The molecule has 6 heteroatoms. The van der Waals surface area contributed by atoms with Gasteiger partial charge in [-0.2, -0.15) is 0 Å². The van der Waals surface area contributed by atoms with Crippen molar-refractivity contribution < 1.29 is 19.1 Å². The highest BCUT2D eigenvalue weighted by Crippen LogP contribution is 2.23. The Labute approximate surface area is 138 Å². The van der Waals surface area contributed by atoms with Gasteiger partial charge in [0.15, 0.2) is 5.78 Å². The summed E-state index contributed by atoms with van der Waals surface area (Å²) in [5, 5.41) is 5.31. The van der Waals surface area contributed by atoms with E-state index >= 15 is 0 Å². The van der Waals surface area contributed by atoms with Gasteiger partial charge in [-0.15, -0.1) is 0 Å². The summed E-state index contributed by atoms with van der Waals surface area (Å²) in [6.07, 6.45) is 0.265. The largest absolute Gasteiger partial charge is 0.497 e. The highest BCUT2D eigenvalue weighted by Gasteiger charge is 2.19. The van der Waals surface area contributed by atoms with Gasteiger partial charge in [-0.1, -0.05) is 0 Å². The minimum atomic E-state index is -0.348. The van der Waals surface area contributed by atoms with Gasteiger partial charge in [0, 0.05) is 16.8 Å². The van der Waals surface area contributed by atoms with Crippen LogP contribution in [0.25, 0.3) is 0 Å². The molecule has 1 aliphatic rings. The molecule has 0 bridgehead atoms. The summed E-state index contributed by atoms with van der Waals surface area (Å²) in [5.74, 6) is 0.0390. The lowest BCUT2D eigenvalue weighted by atomic mass is 10.1. The Bertz CT molecular complexity index is 812. The van der Waals surface area contributed by atoms with Gasteiger partial charge in [0.25, 0.3) is 5.91 Å². The SMILES string of the molecule is COc1ccc(C(=O)CNC(=O)c2ccc3c(c2)CC(=O)N3)cc1. The number of methoxy groups -OCH3 is 1. The molecule has 6 nitrogen and oxygen atoms in total. The van der Waals surface area contributed by atoms with Crippen molar-refractivity contribution in [3.63, 3.8) is 0 Å². The van der Waals surface area contributed by atoms with E-state index in [0.717, 1.165) is 11.3 Å². The Balaban J connectivity index is 1.62. The van der Waals surface area contributed by atoms with E-state index in [2.05, 4.69) is 10.6 Å². The quantitative estimate of drug-likeness (QED) is 0.822. The molecular weight excluding hydrogens is 308 g/mol. The number of rotatable bonds is 5. The molecule has 1 aliphatic heterocycles. The van der Waals surface area contributed by atoms with Crippen molar-refractivity contribution in [3.8, 4) is 5.75 Å². The third-order valence-electron chi connectivity index (χ3n) is 3.81. The van der Waals surface area contributed by atoms with Gasteiger partial charge in [0.1, 0.15) is 5.75 Å². The molecule has 1 heterocycles. The molecule has 0 radical (unpaired) electrons. The summed E-state index contributed by atoms with van der Waals surface area (Å²) in [4.78, 5) is 35.6. The van der Waals surface area contributed by atoms with Gasteiger partial charge >= 0.3 is 0 Å². The monoisotopic (exact) mass is 324 g/mol. The smallest absolute Gasteiger partial charge is 0.251 e. The van der Waals surface area contributed by atoms with Crippen LogP contribution in [0.4, 0.5) is 5.69 Å². The van der Waals surface area contributed by atoms with E-state index < -0.39 is 0 Å². The van der Waals surface area contributed by atoms with Crippen molar-refractivity contribution in [1.29, 1.82) is 0 Å². The van der Waals surface area contributed by atoms with Crippen LogP contribution in [0.2, 0.25) is 0 Å². The number of carbonyl (C=O) groups is 3. The van der Waals surface area contributed by atoms with Crippen LogP contribution in [-0.2, 0) is 11.2 Å². The second kappa shape index (κ2) is 6.54. The Hall–Kier alpha value is -3.15. The molecule has 0 saturated heterocycles. The minimum absolute atomic E-state index is 0.0859. The zero-order valence-corrected chi connectivity index (χ0v) is 13.1. The molecule has 3 rings (SSSR count). The van der Waals surface area contributed by atoms with Gasteiger partial charge in [-0.3, -0.25) is 14.4 Å². The van der Waals surface area contributed by atoms with E-state index in [4.69, 9.17) is 4.74 Å². The third-order valence-corrected chi connectivity index (χ3v) is 3.81. The maximum Gasteiger partial charge on any atom is 0.251 e. The van der Waals surface area contributed by atoms with Gasteiger partial charge in [0.05, 0.1) is 20.1 Å². The van der Waals surface area contributed by atoms with E-state index in [-0.39, 0.29) is 30.6 Å². The van der Waals surface area contributed by atoms with E-state index in [1.165, 1.54) is 0 Å². The van der Waals surface area contributed by atoms with Gasteiger partial charge in [-0.05, 0) is 48.0 Å². The maximum atomic E-state index is 12.2. The Morgan fingerprint density at radius 3 is 2.54 bits per heavy atom. The van der Waals surface area contributed by atoms with Gasteiger partial charge in [0.2, 0.25) is 5.91 Å². The molecule has 2 amide bonds. The average molecular weight is 324 g/mol. The number of fused-ring (bicyclic) bond motifs is 1. The summed E-state index contributed by atoms with van der Waals surface area (Å²) in [7, 11) is 1.55. The predicted molar refractivity (Wildman–Crippen MR) is 88.4 cm³/mol. The number of nitrogens with one attached hydrogen (secondary N) is 2. The Morgan fingerprint density at radius 1 is 1.12 bits per heavy atom. The fourth-order valence-corrected chi connectivity index (χ4v) is 2.51. The number of carbonyl (C=O) groups excluding carboxylic acids is 3. The highest BCUT2D eigenvalue weighted by molar-refractivity contribution is 6.04. The van der Waals surface area contributed by atoms with Crippen LogP contribution in [-0.4, -0.2) is 31.3 Å². The lowest BCUT2D eigenvalue weighted by Crippen LogP contribution is -2.29. The molecule has 0 saturated carbocycles. The fourth-order valence-electron chi connectivity index (χ4n) is 2.51. The average Bonchev–Trinajstić information content (AvgIpc) is 2.98. The first-order valence-electron chi connectivity index (χ1n) is 7.45. The number of anilines is 1. The molecule has 2 aromatic carbocycles. The number of hydrogen-bond donors (Lipinski definition) is 2. The van der Waals surface area contributed by atoms with Crippen molar-refractivity contribution in [3.05, 3.63) is 59.2 Å². The van der Waals surface area contributed by atoms with Crippen molar-refractivity contribution in [1.82, 2.24) is 5.32 Å². The number of amides is 2. The molecule has 122 valence electrons. The van der Waals surface area contributed by atoms with Crippen LogP contribution in [0.3, 0.4) is 0 Å².